The summed E-state index contributed by atoms with van der Waals surface area (Å²) in [6.45, 7) is 6.04. The highest BCUT2D eigenvalue weighted by atomic mass is 35.5. The quantitative estimate of drug-likeness (QED) is 0.763. The Morgan fingerprint density at radius 1 is 1.45 bits per heavy atom. The maximum atomic E-state index is 12.3. The molecule has 0 saturated carbocycles. The molecule has 1 rings (SSSR count). The van der Waals surface area contributed by atoms with E-state index in [9.17, 15) is 9.59 Å². The topological polar surface area (TPSA) is 75.9 Å². The van der Waals surface area contributed by atoms with Gasteiger partial charge in [0.15, 0.2) is 0 Å². The number of hydrogen-bond acceptors (Lipinski definition) is 4. The molecule has 6 nitrogen and oxygen atoms in total. The molecule has 7 heteroatoms. The summed E-state index contributed by atoms with van der Waals surface area (Å²) in [5.74, 6) is -0.168. The van der Waals surface area contributed by atoms with Crippen molar-refractivity contribution < 1.29 is 14.3 Å². The zero-order valence-corrected chi connectivity index (χ0v) is 13.4. The van der Waals surface area contributed by atoms with Crippen LogP contribution >= 0.6 is 12.4 Å². The van der Waals surface area contributed by atoms with Gasteiger partial charge >= 0.3 is 0 Å². The summed E-state index contributed by atoms with van der Waals surface area (Å²) in [5.41, 5.74) is 5.15. The van der Waals surface area contributed by atoms with Crippen LogP contribution in [0.4, 0.5) is 0 Å². The molecule has 0 radical (unpaired) electrons. The van der Waals surface area contributed by atoms with Gasteiger partial charge in [-0.25, -0.2) is 0 Å². The maximum absolute atomic E-state index is 12.3. The predicted octanol–water partition coefficient (Wildman–Crippen LogP) is 0.243. The van der Waals surface area contributed by atoms with Crippen LogP contribution < -0.4 is 5.73 Å². The Kier molecular flexibility index (Phi) is 8.08. The monoisotopic (exact) mass is 307 g/mol. The SMILES string of the molecule is CCCC(C)(N)C(=O)N1CCN(CCOC)C(=O)C1.Cl. The van der Waals surface area contributed by atoms with E-state index in [1.807, 2.05) is 6.92 Å². The Balaban J connectivity index is 0.00000361. The third-order valence-electron chi connectivity index (χ3n) is 3.43. The second-order valence-electron chi connectivity index (χ2n) is 5.27. The summed E-state index contributed by atoms with van der Waals surface area (Å²) < 4.78 is 4.96. The minimum Gasteiger partial charge on any atom is -0.383 e. The Morgan fingerprint density at radius 3 is 2.60 bits per heavy atom. The zero-order chi connectivity index (χ0) is 14.5. The van der Waals surface area contributed by atoms with E-state index in [1.165, 1.54) is 0 Å². The Morgan fingerprint density at radius 2 is 2.10 bits per heavy atom. The van der Waals surface area contributed by atoms with Gasteiger partial charge in [0.2, 0.25) is 11.8 Å². The van der Waals surface area contributed by atoms with Gasteiger partial charge in [-0.3, -0.25) is 9.59 Å². The highest BCUT2D eigenvalue weighted by molar-refractivity contribution is 5.90. The van der Waals surface area contributed by atoms with Gasteiger partial charge in [0.25, 0.3) is 0 Å². The summed E-state index contributed by atoms with van der Waals surface area (Å²) in [6.07, 6.45) is 1.48. The number of carbonyl (C=O) groups is 2. The second kappa shape index (κ2) is 8.44. The minimum absolute atomic E-state index is 0. The first-order valence-electron chi connectivity index (χ1n) is 6.77. The average Bonchev–Trinajstić information content (AvgIpc) is 2.36. The molecule has 0 spiro atoms. The summed E-state index contributed by atoms with van der Waals surface area (Å²) in [5, 5.41) is 0. The molecule has 20 heavy (non-hydrogen) atoms. The fraction of sp³-hybridized carbons (Fsp3) is 0.846. The molecule has 1 unspecified atom stereocenters. The number of halogens is 1. The van der Waals surface area contributed by atoms with Crippen LogP contribution in [0, 0.1) is 0 Å². The smallest absolute Gasteiger partial charge is 0.242 e. The van der Waals surface area contributed by atoms with E-state index in [4.69, 9.17) is 10.5 Å². The third-order valence-corrected chi connectivity index (χ3v) is 3.43. The van der Waals surface area contributed by atoms with Crippen molar-refractivity contribution >= 4 is 24.2 Å². The van der Waals surface area contributed by atoms with Gasteiger partial charge in [-0.1, -0.05) is 13.3 Å². The molecule has 0 aromatic rings. The highest BCUT2D eigenvalue weighted by Gasteiger charge is 2.35. The number of hydrogen-bond donors (Lipinski definition) is 1. The van der Waals surface area contributed by atoms with Crippen LogP contribution in [0.3, 0.4) is 0 Å². The summed E-state index contributed by atoms with van der Waals surface area (Å²) in [6, 6.07) is 0. The van der Waals surface area contributed by atoms with E-state index in [0.717, 1.165) is 6.42 Å². The van der Waals surface area contributed by atoms with Crippen molar-refractivity contribution in [1.29, 1.82) is 0 Å². The van der Waals surface area contributed by atoms with Crippen molar-refractivity contribution in [3.8, 4) is 0 Å². The van der Waals surface area contributed by atoms with Crippen molar-refractivity contribution in [3.05, 3.63) is 0 Å². The molecule has 0 aliphatic carbocycles. The third kappa shape index (κ3) is 4.92. The fourth-order valence-electron chi connectivity index (χ4n) is 2.31. The van der Waals surface area contributed by atoms with Gasteiger partial charge < -0.3 is 20.3 Å². The number of carbonyl (C=O) groups excluding carboxylic acids is 2. The van der Waals surface area contributed by atoms with Crippen molar-refractivity contribution in [2.24, 2.45) is 5.73 Å². The van der Waals surface area contributed by atoms with E-state index >= 15 is 0 Å². The van der Waals surface area contributed by atoms with Gasteiger partial charge in [0.05, 0.1) is 18.7 Å². The van der Waals surface area contributed by atoms with Crippen LogP contribution in [-0.2, 0) is 14.3 Å². The molecule has 118 valence electrons. The number of rotatable bonds is 6. The van der Waals surface area contributed by atoms with Crippen LogP contribution in [0.5, 0.6) is 0 Å². The number of methoxy groups -OCH3 is 1. The van der Waals surface area contributed by atoms with Crippen LogP contribution in [0.1, 0.15) is 26.7 Å². The summed E-state index contributed by atoms with van der Waals surface area (Å²) >= 11 is 0. The first-order valence-corrected chi connectivity index (χ1v) is 6.77. The lowest BCUT2D eigenvalue weighted by atomic mass is 9.95. The number of nitrogens with two attached hydrogens (primary N) is 1. The standard InChI is InChI=1S/C13H25N3O3.ClH/c1-4-5-13(2,14)12(18)16-7-6-15(8-9-19-3)11(17)10-16;/h4-10,14H2,1-3H3;1H. The minimum atomic E-state index is -0.871. The van der Waals surface area contributed by atoms with Crippen LogP contribution in [-0.4, -0.2) is 67.0 Å². The lowest BCUT2D eigenvalue weighted by Gasteiger charge is -2.37. The Labute approximate surface area is 127 Å². The summed E-state index contributed by atoms with van der Waals surface area (Å²) in [4.78, 5) is 27.5. The van der Waals surface area contributed by atoms with Crippen molar-refractivity contribution in [1.82, 2.24) is 9.80 Å². The van der Waals surface area contributed by atoms with E-state index < -0.39 is 5.54 Å². The van der Waals surface area contributed by atoms with E-state index in [1.54, 1.807) is 23.8 Å². The number of nitrogens with zero attached hydrogens (tertiary/aromatic N) is 2. The lowest BCUT2D eigenvalue weighted by Crippen LogP contribution is -2.60. The molecule has 0 bridgehead atoms. The van der Waals surface area contributed by atoms with Crippen molar-refractivity contribution in [3.63, 3.8) is 0 Å². The first-order chi connectivity index (χ1) is 8.92. The number of amides is 2. The van der Waals surface area contributed by atoms with E-state index in [-0.39, 0.29) is 30.8 Å². The Bertz CT molecular complexity index is 337. The molecule has 1 heterocycles. The first kappa shape index (κ1) is 19.1. The molecule has 1 atom stereocenters. The van der Waals surface area contributed by atoms with E-state index in [0.29, 0.717) is 32.7 Å². The van der Waals surface area contributed by atoms with Gasteiger partial charge in [-0.2, -0.15) is 0 Å². The second-order valence-corrected chi connectivity index (χ2v) is 5.27. The van der Waals surface area contributed by atoms with Crippen LogP contribution in [0.25, 0.3) is 0 Å². The number of ether oxygens (including phenoxy) is 1. The highest BCUT2D eigenvalue weighted by Crippen LogP contribution is 2.15. The van der Waals surface area contributed by atoms with Gasteiger partial charge in [-0.15, -0.1) is 12.4 Å². The van der Waals surface area contributed by atoms with Crippen LogP contribution in [0.2, 0.25) is 0 Å². The molecular formula is C13H26ClN3O3. The van der Waals surface area contributed by atoms with Crippen molar-refractivity contribution in [2.75, 3.05) is 39.9 Å². The molecular weight excluding hydrogens is 282 g/mol. The molecule has 1 aliphatic heterocycles. The molecule has 2 N–H and O–H groups in total. The molecule has 1 saturated heterocycles. The van der Waals surface area contributed by atoms with Crippen LogP contribution in [0.15, 0.2) is 0 Å². The molecule has 0 aromatic heterocycles. The fourth-order valence-corrected chi connectivity index (χ4v) is 2.31. The van der Waals surface area contributed by atoms with Gasteiger partial charge in [-0.05, 0) is 13.3 Å². The maximum Gasteiger partial charge on any atom is 0.242 e. The predicted molar refractivity (Wildman–Crippen MR) is 79.8 cm³/mol. The molecule has 1 fully saturated rings. The van der Waals surface area contributed by atoms with Gasteiger partial charge in [0.1, 0.15) is 0 Å². The zero-order valence-electron chi connectivity index (χ0n) is 12.6. The molecule has 1 aliphatic rings. The van der Waals surface area contributed by atoms with Crippen molar-refractivity contribution in [2.45, 2.75) is 32.2 Å². The number of piperazine rings is 1. The Hall–Kier alpha value is -0.850. The molecule has 0 aromatic carbocycles. The summed E-state index contributed by atoms with van der Waals surface area (Å²) in [7, 11) is 1.61. The van der Waals surface area contributed by atoms with E-state index in [2.05, 4.69) is 0 Å². The largest absolute Gasteiger partial charge is 0.383 e. The normalized spacial score (nSPS) is 18.5. The average molecular weight is 308 g/mol. The molecule has 2 amide bonds. The van der Waals surface area contributed by atoms with Gasteiger partial charge in [0, 0.05) is 26.7 Å². The lowest BCUT2D eigenvalue weighted by molar-refractivity contribution is -0.148.